The monoisotopic (exact) mass is 266 g/mol. The van der Waals surface area contributed by atoms with Crippen molar-refractivity contribution in [2.24, 2.45) is 0 Å². The van der Waals surface area contributed by atoms with Crippen molar-refractivity contribution in [3.63, 3.8) is 0 Å². The van der Waals surface area contributed by atoms with Crippen molar-refractivity contribution in [2.45, 2.75) is 19.9 Å². The van der Waals surface area contributed by atoms with Crippen LogP contribution in [0.2, 0.25) is 0 Å². The molecule has 0 amide bonds. The number of carboxylic acids is 1. The standard InChI is InChI=1S/C13H12F2N2O2/c1-8-16-12(7-17(8)5-4-13(18)19)10-6-9(14)2-3-11(10)15/h2-3,6-7H,4-5H2,1H3,(H,18,19). The Morgan fingerprint density at radius 2 is 2.16 bits per heavy atom. The van der Waals surface area contributed by atoms with E-state index in [1.807, 2.05) is 0 Å². The molecule has 2 aromatic rings. The number of hydrogen-bond acceptors (Lipinski definition) is 2. The number of carbonyl (C=O) groups is 1. The van der Waals surface area contributed by atoms with Crippen LogP contribution in [0.5, 0.6) is 0 Å². The van der Waals surface area contributed by atoms with Crippen molar-refractivity contribution < 1.29 is 18.7 Å². The number of benzene rings is 1. The van der Waals surface area contributed by atoms with Gasteiger partial charge in [-0.15, -0.1) is 0 Å². The molecular formula is C13H12F2N2O2. The summed E-state index contributed by atoms with van der Waals surface area (Å²) in [5.41, 5.74) is 0.358. The summed E-state index contributed by atoms with van der Waals surface area (Å²) in [6.07, 6.45) is 1.47. The molecule has 2 rings (SSSR count). The summed E-state index contributed by atoms with van der Waals surface area (Å²) >= 11 is 0. The number of aryl methyl sites for hydroxylation is 2. The van der Waals surface area contributed by atoms with Gasteiger partial charge in [-0.05, 0) is 25.1 Å². The predicted octanol–water partition coefficient (Wildman–Crippen LogP) is 2.61. The lowest BCUT2D eigenvalue weighted by atomic mass is 10.1. The quantitative estimate of drug-likeness (QED) is 0.925. The minimum atomic E-state index is -0.924. The molecule has 1 aromatic heterocycles. The van der Waals surface area contributed by atoms with Crippen LogP contribution in [-0.4, -0.2) is 20.6 Å². The lowest BCUT2D eigenvalue weighted by molar-refractivity contribution is -0.137. The second-order valence-electron chi connectivity index (χ2n) is 4.13. The van der Waals surface area contributed by atoms with Gasteiger partial charge < -0.3 is 9.67 Å². The molecule has 0 saturated carbocycles. The average Bonchev–Trinajstić information content (AvgIpc) is 2.71. The Balaban J connectivity index is 2.33. The average molecular weight is 266 g/mol. The van der Waals surface area contributed by atoms with E-state index in [1.165, 1.54) is 6.20 Å². The van der Waals surface area contributed by atoms with Crippen molar-refractivity contribution >= 4 is 5.97 Å². The van der Waals surface area contributed by atoms with E-state index in [0.29, 0.717) is 11.5 Å². The number of aliphatic carboxylic acids is 1. The second kappa shape index (κ2) is 5.17. The highest BCUT2D eigenvalue weighted by Gasteiger charge is 2.12. The van der Waals surface area contributed by atoms with Gasteiger partial charge in [0.15, 0.2) is 0 Å². The van der Waals surface area contributed by atoms with E-state index >= 15 is 0 Å². The molecule has 0 bridgehead atoms. The van der Waals surface area contributed by atoms with Crippen LogP contribution in [0.3, 0.4) is 0 Å². The van der Waals surface area contributed by atoms with E-state index in [4.69, 9.17) is 5.11 Å². The molecule has 0 aliphatic carbocycles. The van der Waals surface area contributed by atoms with Crippen LogP contribution in [0.4, 0.5) is 8.78 Å². The Morgan fingerprint density at radius 3 is 2.84 bits per heavy atom. The van der Waals surface area contributed by atoms with Crippen LogP contribution >= 0.6 is 0 Å². The van der Waals surface area contributed by atoms with Gasteiger partial charge in [0, 0.05) is 18.3 Å². The summed E-state index contributed by atoms with van der Waals surface area (Å²) in [4.78, 5) is 14.6. The Morgan fingerprint density at radius 1 is 1.42 bits per heavy atom. The fourth-order valence-corrected chi connectivity index (χ4v) is 1.77. The van der Waals surface area contributed by atoms with Gasteiger partial charge in [0.2, 0.25) is 0 Å². The van der Waals surface area contributed by atoms with Gasteiger partial charge in [-0.1, -0.05) is 0 Å². The third-order valence-electron chi connectivity index (χ3n) is 2.75. The minimum Gasteiger partial charge on any atom is -0.481 e. The molecule has 0 fully saturated rings. The fraction of sp³-hybridized carbons (Fsp3) is 0.231. The van der Waals surface area contributed by atoms with Crippen molar-refractivity contribution in [1.29, 1.82) is 0 Å². The normalized spacial score (nSPS) is 10.7. The highest BCUT2D eigenvalue weighted by Crippen LogP contribution is 2.23. The highest BCUT2D eigenvalue weighted by atomic mass is 19.1. The largest absolute Gasteiger partial charge is 0.481 e. The Kier molecular flexibility index (Phi) is 3.59. The van der Waals surface area contributed by atoms with Crippen molar-refractivity contribution in [2.75, 3.05) is 0 Å². The van der Waals surface area contributed by atoms with E-state index in [1.54, 1.807) is 11.5 Å². The molecule has 0 spiro atoms. The fourth-order valence-electron chi connectivity index (χ4n) is 1.77. The number of imidazole rings is 1. The minimum absolute atomic E-state index is 0.0533. The molecule has 1 N–H and O–H groups in total. The summed E-state index contributed by atoms with van der Waals surface area (Å²) in [6, 6.07) is 3.14. The smallest absolute Gasteiger partial charge is 0.305 e. The van der Waals surface area contributed by atoms with Gasteiger partial charge >= 0.3 is 5.97 Å². The molecule has 4 nitrogen and oxygen atoms in total. The van der Waals surface area contributed by atoms with Gasteiger partial charge in [-0.3, -0.25) is 4.79 Å². The molecule has 0 unspecified atom stereocenters. The van der Waals surface area contributed by atoms with E-state index in [2.05, 4.69) is 4.98 Å². The van der Waals surface area contributed by atoms with Crippen LogP contribution in [0, 0.1) is 18.6 Å². The van der Waals surface area contributed by atoms with E-state index in [0.717, 1.165) is 18.2 Å². The van der Waals surface area contributed by atoms with Gasteiger partial charge in [0.05, 0.1) is 12.1 Å². The molecule has 19 heavy (non-hydrogen) atoms. The maximum absolute atomic E-state index is 13.6. The zero-order chi connectivity index (χ0) is 14.0. The summed E-state index contributed by atoms with van der Waals surface area (Å²) in [5.74, 6) is -1.48. The first-order valence-corrected chi connectivity index (χ1v) is 5.68. The van der Waals surface area contributed by atoms with Gasteiger partial charge in [0.1, 0.15) is 17.5 Å². The predicted molar refractivity (Wildman–Crippen MR) is 64.6 cm³/mol. The number of hydrogen-bond donors (Lipinski definition) is 1. The first-order chi connectivity index (χ1) is 8.97. The molecule has 0 radical (unpaired) electrons. The zero-order valence-corrected chi connectivity index (χ0v) is 10.2. The summed E-state index contributed by atoms with van der Waals surface area (Å²) in [7, 11) is 0. The Bertz CT molecular complexity index is 623. The van der Waals surface area contributed by atoms with E-state index in [-0.39, 0.29) is 18.5 Å². The van der Waals surface area contributed by atoms with E-state index < -0.39 is 17.6 Å². The van der Waals surface area contributed by atoms with Crippen LogP contribution < -0.4 is 0 Å². The van der Waals surface area contributed by atoms with Crippen LogP contribution in [0.1, 0.15) is 12.2 Å². The van der Waals surface area contributed by atoms with Crippen molar-refractivity contribution in [1.82, 2.24) is 9.55 Å². The van der Waals surface area contributed by atoms with Gasteiger partial charge in [0.25, 0.3) is 0 Å². The van der Waals surface area contributed by atoms with Crippen LogP contribution in [0.15, 0.2) is 24.4 Å². The first kappa shape index (κ1) is 13.2. The second-order valence-corrected chi connectivity index (χ2v) is 4.13. The van der Waals surface area contributed by atoms with Crippen LogP contribution in [0.25, 0.3) is 11.3 Å². The molecule has 6 heteroatoms. The lowest BCUT2D eigenvalue weighted by Crippen LogP contribution is -2.04. The molecule has 100 valence electrons. The number of nitrogens with zero attached hydrogens (tertiary/aromatic N) is 2. The number of halogens is 2. The molecular weight excluding hydrogens is 254 g/mol. The van der Waals surface area contributed by atoms with Crippen LogP contribution in [-0.2, 0) is 11.3 Å². The maximum Gasteiger partial charge on any atom is 0.305 e. The Labute approximate surface area is 108 Å². The van der Waals surface area contributed by atoms with Gasteiger partial charge in [-0.25, -0.2) is 13.8 Å². The van der Waals surface area contributed by atoms with Crippen molar-refractivity contribution in [3.05, 3.63) is 41.9 Å². The molecule has 1 aromatic carbocycles. The summed E-state index contributed by atoms with van der Waals surface area (Å²) in [5, 5.41) is 8.63. The summed E-state index contributed by atoms with van der Waals surface area (Å²) < 4.78 is 28.3. The summed E-state index contributed by atoms with van der Waals surface area (Å²) in [6.45, 7) is 1.92. The lowest BCUT2D eigenvalue weighted by Gasteiger charge is -2.01. The third-order valence-corrected chi connectivity index (χ3v) is 2.75. The number of rotatable bonds is 4. The first-order valence-electron chi connectivity index (χ1n) is 5.68. The molecule has 0 atom stereocenters. The molecule has 0 aliphatic heterocycles. The number of aromatic nitrogens is 2. The number of carboxylic acid groups (broad SMARTS) is 1. The topological polar surface area (TPSA) is 55.1 Å². The molecule has 0 saturated heterocycles. The Hall–Kier alpha value is -2.24. The van der Waals surface area contributed by atoms with Crippen molar-refractivity contribution in [3.8, 4) is 11.3 Å². The van der Waals surface area contributed by atoms with Gasteiger partial charge in [-0.2, -0.15) is 0 Å². The SMILES string of the molecule is Cc1nc(-c2cc(F)ccc2F)cn1CCC(=O)O. The van der Waals surface area contributed by atoms with E-state index in [9.17, 15) is 13.6 Å². The molecule has 0 aliphatic rings. The zero-order valence-electron chi connectivity index (χ0n) is 10.2. The maximum atomic E-state index is 13.6. The molecule has 1 heterocycles. The third kappa shape index (κ3) is 2.96. The highest BCUT2D eigenvalue weighted by molar-refractivity contribution is 5.66.